The van der Waals surface area contributed by atoms with Crippen molar-refractivity contribution < 1.29 is 14.4 Å². The first-order chi connectivity index (χ1) is 7.25. The number of ether oxygens (including phenoxy) is 1. The number of benzene rings is 1. The molecule has 0 unspecified atom stereocenters. The van der Waals surface area contributed by atoms with Crippen molar-refractivity contribution in [1.29, 1.82) is 0 Å². The fourth-order valence-electron chi connectivity index (χ4n) is 1.08. The molecule has 1 rings (SSSR count). The Balaban J connectivity index is 2.46. The summed E-state index contributed by atoms with van der Waals surface area (Å²) in [5, 5.41) is 1.22. The molecule has 0 aliphatic rings. The first-order valence-corrected chi connectivity index (χ1v) is 4.70. The zero-order valence-electron chi connectivity index (χ0n) is 8.97. The van der Waals surface area contributed by atoms with E-state index in [1.807, 2.05) is 18.2 Å². The molecule has 0 saturated heterocycles. The molecular formula is C11H15NO3. The number of hydrogen-bond acceptors (Lipinski definition) is 3. The maximum atomic E-state index is 11.7. The molecule has 1 aromatic rings. The van der Waals surface area contributed by atoms with Crippen LogP contribution in [0.1, 0.15) is 10.4 Å². The van der Waals surface area contributed by atoms with Gasteiger partial charge in [0.1, 0.15) is 0 Å². The second-order valence-corrected chi connectivity index (χ2v) is 2.99. The van der Waals surface area contributed by atoms with Crippen LogP contribution in [0.4, 0.5) is 0 Å². The van der Waals surface area contributed by atoms with Crippen molar-refractivity contribution in [3.63, 3.8) is 0 Å². The topological polar surface area (TPSA) is 38.8 Å². The van der Waals surface area contributed by atoms with Crippen molar-refractivity contribution in [3.8, 4) is 0 Å². The Hall–Kier alpha value is -1.39. The van der Waals surface area contributed by atoms with Gasteiger partial charge in [0.05, 0.1) is 13.2 Å². The zero-order valence-corrected chi connectivity index (χ0v) is 8.97. The first-order valence-electron chi connectivity index (χ1n) is 4.70. The molecule has 82 valence electrons. The van der Waals surface area contributed by atoms with Gasteiger partial charge in [0.2, 0.25) is 0 Å². The van der Waals surface area contributed by atoms with Gasteiger partial charge in [-0.2, -0.15) is 0 Å². The van der Waals surface area contributed by atoms with Crippen LogP contribution in [0.3, 0.4) is 0 Å². The van der Waals surface area contributed by atoms with Gasteiger partial charge in [0.15, 0.2) is 0 Å². The summed E-state index contributed by atoms with van der Waals surface area (Å²) in [6, 6.07) is 8.99. The molecule has 0 aromatic heterocycles. The summed E-state index contributed by atoms with van der Waals surface area (Å²) in [6.45, 7) is 0.831. The van der Waals surface area contributed by atoms with Gasteiger partial charge in [-0.05, 0) is 12.1 Å². The van der Waals surface area contributed by atoms with E-state index in [9.17, 15) is 4.79 Å². The van der Waals surface area contributed by atoms with Crippen LogP contribution in [0, 0.1) is 0 Å². The van der Waals surface area contributed by atoms with E-state index < -0.39 is 0 Å². The minimum atomic E-state index is -0.160. The zero-order chi connectivity index (χ0) is 11.1. The summed E-state index contributed by atoms with van der Waals surface area (Å²) in [4.78, 5) is 16.9. The first kappa shape index (κ1) is 11.7. The lowest BCUT2D eigenvalue weighted by Crippen LogP contribution is -2.28. The van der Waals surface area contributed by atoms with E-state index in [0.717, 1.165) is 0 Å². The number of methoxy groups -OCH3 is 1. The van der Waals surface area contributed by atoms with Crippen molar-refractivity contribution in [2.75, 3.05) is 27.4 Å². The predicted octanol–water partition coefficient (Wildman–Crippen LogP) is 1.34. The second-order valence-electron chi connectivity index (χ2n) is 2.99. The highest BCUT2D eigenvalue weighted by molar-refractivity contribution is 5.93. The minimum absolute atomic E-state index is 0.160. The molecule has 0 aliphatic heterocycles. The lowest BCUT2D eigenvalue weighted by Gasteiger charge is -2.16. The van der Waals surface area contributed by atoms with Crippen LogP contribution in [0.25, 0.3) is 0 Å². The Labute approximate surface area is 89.4 Å². The van der Waals surface area contributed by atoms with Gasteiger partial charge in [-0.1, -0.05) is 18.2 Å². The maximum Gasteiger partial charge on any atom is 0.277 e. The van der Waals surface area contributed by atoms with Crippen molar-refractivity contribution in [2.24, 2.45) is 0 Å². The Kier molecular flexibility index (Phi) is 4.80. The Morgan fingerprint density at radius 3 is 2.53 bits per heavy atom. The molecule has 0 saturated carbocycles. The van der Waals surface area contributed by atoms with E-state index >= 15 is 0 Å². The lowest BCUT2D eigenvalue weighted by molar-refractivity contribution is -0.117. The molecular weight excluding hydrogens is 194 g/mol. The van der Waals surface area contributed by atoms with Gasteiger partial charge >= 0.3 is 0 Å². The molecule has 0 heterocycles. The number of hydrogen-bond donors (Lipinski definition) is 0. The number of nitrogens with zero attached hydrogens (tertiary/aromatic N) is 1. The molecule has 15 heavy (non-hydrogen) atoms. The van der Waals surface area contributed by atoms with Gasteiger partial charge in [-0.3, -0.25) is 9.63 Å². The molecule has 0 bridgehead atoms. The molecule has 4 heteroatoms. The molecule has 0 atom stereocenters. The normalized spacial score (nSPS) is 10.0. The number of carbonyl (C=O) groups excluding carboxylic acids is 1. The standard InChI is InChI=1S/C11H15NO3/c1-12(15-9-8-14-2)11(13)10-6-4-3-5-7-10/h3-7H,8-9H2,1-2H3. The van der Waals surface area contributed by atoms with Gasteiger partial charge in [-0.15, -0.1) is 0 Å². The number of amides is 1. The third kappa shape index (κ3) is 3.69. The van der Waals surface area contributed by atoms with Crippen LogP contribution in [0.2, 0.25) is 0 Å². The summed E-state index contributed by atoms with van der Waals surface area (Å²) in [6.07, 6.45) is 0. The summed E-state index contributed by atoms with van der Waals surface area (Å²) in [7, 11) is 3.17. The minimum Gasteiger partial charge on any atom is -0.382 e. The fourth-order valence-corrected chi connectivity index (χ4v) is 1.08. The number of rotatable bonds is 5. The van der Waals surface area contributed by atoms with Gasteiger partial charge < -0.3 is 4.74 Å². The largest absolute Gasteiger partial charge is 0.382 e. The predicted molar refractivity (Wildman–Crippen MR) is 56.4 cm³/mol. The summed E-state index contributed by atoms with van der Waals surface area (Å²) < 4.78 is 4.81. The van der Waals surface area contributed by atoms with E-state index in [1.165, 1.54) is 5.06 Å². The highest BCUT2D eigenvalue weighted by Gasteiger charge is 2.10. The smallest absolute Gasteiger partial charge is 0.277 e. The molecule has 0 radical (unpaired) electrons. The van der Waals surface area contributed by atoms with Gasteiger partial charge in [0.25, 0.3) is 5.91 Å². The molecule has 0 aliphatic carbocycles. The monoisotopic (exact) mass is 209 g/mol. The van der Waals surface area contributed by atoms with Crippen LogP contribution >= 0.6 is 0 Å². The highest BCUT2D eigenvalue weighted by atomic mass is 16.7. The SMILES string of the molecule is COCCON(C)C(=O)c1ccccc1. The van der Waals surface area contributed by atoms with Crippen LogP contribution in [-0.2, 0) is 9.57 Å². The van der Waals surface area contributed by atoms with Crippen LogP contribution in [-0.4, -0.2) is 38.3 Å². The van der Waals surface area contributed by atoms with Crippen molar-refractivity contribution in [1.82, 2.24) is 5.06 Å². The molecule has 1 amide bonds. The van der Waals surface area contributed by atoms with E-state index in [1.54, 1.807) is 26.3 Å². The quantitative estimate of drug-likeness (QED) is 0.542. The maximum absolute atomic E-state index is 11.7. The Morgan fingerprint density at radius 1 is 1.27 bits per heavy atom. The van der Waals surface area contributed by atoms with Crippen molar-refractivity contribution >= 4 is 5.91 Å². The van der Waals surface area contributed by atoms with E-state index in [-0.39, 0.29) is 5.91 Å². The molecule has 4 nitrogen and oxygen atoms in total. The number of hydroxylamine groups is 2. The summed E-state index contributed by atoms with van der Waals surface area (Å²) in [5.41, 5.74) is 0.609. The molecule has 0 fully saturated rings. The van der Waals surface area contributed by atoms with Gasteiger partial charge in [0, 0.05) is 19.7 Å². The second kappa shape index (κ2) is 6.16. The van der Waals surface area contributed by atoms with E-state index in [0.29, 0.717) is 18.8 Å². The summed E-state index contributed by atoms with van der Waals surface area (Å²) >= 11 is 0. The Bertz CT molecular complexity index is 300. The summed E-state index contributed by atoms with van der Waals surface area (Å²) in [5.74, 6) is -0.160. The highest BCUT2D eigenvalue weighted by Crippen LogP contribution is 2.02. The van der Waals surface area contributed by atoms with Crippen LogP contribution < -0.4 is 0 Å². The Morgan fingerprint density at radius 2 is 1.93 bits per heavy atom. The van der Waals surface area contributed by atoms with Crippen LogP contribution in [0.5, 0.6) is 0 Å². The molecule has 1 aromatic carbocycles. The third-order valence-electron chi connectivity index (χ3n) is 1.88. The van der Waals surface area contributed by atoms with Crippen molar-refractivity contribution in [3.05, 3.63) is 35.9 Å². The molecule has 0 spiro atoms. The van der Waals surface area contributed by atoms with Gasteiger partial charge in [-0.25, -0.2) is 5.06 Å². The lowest BCUT2D eigenvalue weighted by atomic mass is 10.2. The molecule has 0 N–H and O–H groups in total. The number of carbonyl (C=O) groups is 1. The average molecular weight is 209 g/mol. The van der Waals surface area contributed by atoms with E-state index in [2.05, 4.69) is 0 Å². The average Bonchev–Trinajstić information content (AvgIpc) is 2.29. The fraction of sp³-hybridized carbons (Fsp3) is 0.364. The third-order valence-corrected chi connectivity index (χ3v) is 1.88. The van der Waals surface area contributed by atoms with Crippen LogP contribution in [0.15, 0.2) is 30.3 Å². The van der Waals surface area contributed by atoms with E-state index in [4.69, 9.17) is 9.57 Å². The van der Waals surface area contributed by atoms with Crippen molar-refractivity contribution in [2.45, 2.75) is 0 Å².